The van der Waals surface area contributed by atoms with E-state index < -0.39 is 0 Å². The number of benzene rings is 1. The number of halogens is 1. The first-order valence-corrected chi connectivity index (χ1v) is 10.2. The van der Waals surface area contributed by atoms with Crippen molar-refractivity contribution >= 4 is 24.0 Å². The summed E-state index contributed by atoms with van der Waals surface area (Å²) < 4.78 is 0. The molecule has 0 spiro atoms. The highest BCUT2D eigenvalue weighted by Gasteiger charge is 2.21. The molecule has 158 valence electrons. The van der Waals surface area contributed by atoms with Crippen molar-refractivity contribution in [2.24, 2.45) is 5.41 Å². The number of rotatable bonds is 5. The molecule has 1 aliphatic heterocycles. The topological polar surface area (TPSA) is 49.3 Å². The second-order valence-corrected chi connectivity index (χ2v) is 8.92. The lowest BCUT2D eigenvalue weighted by atomic mass is 9.87. The van der Waals surface area contributed by atoms with E-state index in [9.17, 15) is 4.79 Å². The Labute approximate surface area is 181 Å². The van der Waals surface area contributed by atoms with Gasteiger partial charge < -0.3 is 4.90 Å². The average Bonchev–Trinajstić information content (AvgIpc) is 2.68. The van der Waals surface area contributed by atoms with Crippen molar-refractivity contribution < 1.29 is 4.79 Å². The largest absolute Gasteiger partial charge is 0.353 e. The summed E-state index contributed by atoms with van der Waals surface area (Å²) in [6, 6.07) is 8.67. The summed E-state index contributed by atoms with van der Waals surface area (Å²) in [5, 5.41) is 0. The van der Waals surface area contributed by atoms with E-state index in [0.29, 0.717) is 12.5 Å². The minimum Gasteiger partial charge on any atom is -0.353 e. The average molecular weight is 417 g/mol. The third-order valence-electron chi connectivity index (χ3n) is 5.46. The molecule has 2 heterocycles. The van der Waals surface area contributed by atoms with Crippen LogP contribution in [-0.2, 0) is 11.2 Å². The molecule has 0 atom stereocenters. The van der Waals surface area contributed by atoms with Crippen molar-refractivity contribution in [3.63, 3.8) is 0 Å². The van der Waals surface area contributed by atoms with Crippen LogP contribution < -0.4 is 4.90 Å². The quantitative estimate of drug-likeness (QED) is 0.729. The van der Waals surface area contributed by atoms with Gasteiger partial charge in [-0.1, -0.05) is 45.0 Å². The summed E-state index contributed by atoms with van der Waals surface area (Å²) in [5.41, 5.74) is 2.62. The Bertz CT molecular complexity index is 789. The van der Waals surface area contributed by atoms with Crippen molar-refractivity contribution in [3.05, 3.63) is 42.2 Å². The van der Waals surface area contributed by atoms with E-state index in [1.807, 2.05) is 57.4 Å². The molecule has 0 unspecified atom stereocenters. The highest BCUT2D eigenvalue weighted by molar-refractivity contribution is 5.86. The van der Waals surface area contributed by atoms with Crippen LogP contribution in [0.2, 0.25) is 0 Å². The van der Waals surface area contributed by atoms with Gasteiger partial charge in [0.05, 0.1) is 18.1 Å². The summed E-state index contributed by atoms with van der Waals surface area (Å²) in [4.78, 5) is 26.3. The van der Waals surface area contributed by atoms with Gasteiger partial charge in [0, 0.05) is 49.6 Å². The SMILES string of the molecule is CC(C)N1CCN(c2cnc(-c3ccc(CC(=O)C(C)(C)C)cc3)cn2)CC1.Cl. The fraction of sp³-hybridized carbons (Fsp3) is 0.522. The van der Waals surface area contributed by atoms with E-state index in [4.69, 9.17) is 0 Å². The Kier molecular flexibility index (Phi) is 7.78. The zero-order chi connectivity index (χ0) is 20.3. The zero-order valence-electron chi connectivity index (χ0n) is 18.2. The lowest BCUT2D eigenvalue weighted by molar-refractivity contribution is -0.125. The van der Waals surface area contributed by atoms with Crippen LogP contribution in [0.1, 0.15) is 40.2 Å². The maximum absolute atomic E-state index is 12.2. The lowest BCUT2D eigenvalue weighted by Crippen LogP contribution is -2.49. The molecule has 0 aliphatic carbocycles. The molecular formula is C23H33ClN4O. The van der Waals surface area contributed by atoms with Crippen molar-refractivity contribution in [1.29, 1.82) is 0 Å². The number of Topliss-reactive ketones (excluding diaryl/α,β-unsaturated/α-hetero) is 1. The van der Waals surface area contributed by atoms with E-state index in [1.165, 1.54) is 0 Å². The van der Waals surface area contributed by atoms with Gasteiger partial charge in [-0.05, 0) is 19.4 Å². The molecule has 5 nitrogen and oxygen atoms in total. The van der Waals surface area contributed by atoms with Gasteiger partial charge in [0.1, 0.15) is 11.6 Å². The molecule has 1 aromatic carbocycles. The Morgan fingerprint density at radius 2 is 1.62 bits per heavy atom. The second kappa shape index (κ2) is 9.68. The zero-order valence-corrected chi connectivity index (χ0v) is 19.0. The van der Waals surface area contributed by atoms with Gasteiger partial charge in [-0.2, -0.15) is 0 Å². The standard InChI is InChI=1S/C23H32N4O.ClH/c1-17(2)26-10-12-27(13-11-26)22-16-24-20(15-25-22)19-8-6-18(7-9-19)14-21(28)23(3,4)5;/h6-9,15-17H,10-14H2,1-5H3;1H. The highest BCUT2D eigenvalue weighted by Crippen LogP contribution is 2.22. The molecule has 6 heteroatoms. The second-order valence-electron chi connectivity index (χ2n) is 8.92. The number of hydrogen-bond acceptors (Lipinski definition) is 5. The van der Waals surface area contributed by atoms with Crippen molar-refractivity contribution in [3.8, 4) is 11.3 Å². The first-order chi connectivity index (χ1) is 13.2. The van der Waals surface area contributed by atoms with Crippen LogP contribution in [0.4, 0.5) is 5.82 Å². The third-order valence-corrected chi connectivity index (χ3v) is 5.46. The smallest absolute Gasteiger partial charge is 0.147 e. The summed E-state index contributed by atoms with van der Waals surface area (Å²) in [6.07, 6.45) is 4.19. The molecular weight excluding hydrogens is 384 g/mol. The summed E-state index contributed by atoms with van der Waals surface area (Å²) >= 11 is 0. The Hall–Kier alpha value is -1.98. The molecule has 1 saturated heterocycles. The third kappa shape index (κ3) is 6.00. The summed E-state index contributed by atoms with van der Waals surface area (Å²) in [7, 11) is 0. The fourth-order valence-corrected chi connectivity index (χ4v) is 3.34. The number of nitrogens with zero attached hydrogens (tertiary/aromatic N) is 4. The number of hydrogen-bond donors (Lipinski definition) is 0. The number of piperazine rings is 1. The van der Waals surface area contributed by atoms with Gasteiger partial charge in [0.2, 0.25) is 0 Å². The van der Waals surface area contributed by atoms with E-state index in [-0.39, 0.29) is 23.6 Å². The van der Waals surface area contributed by atoms with Crippen molar-refractivity contribution in [2.75, 3.05) is 31.1 Å². The fourth-order valence-electron chi connectivity index (χ4n) is 3.34. The van der Waals surface area contributed by atoms with E-state index in [1.54, 1.807) is 0 Å². The van der Waals surface area contributed by atoms with Crippen molar-refractivity contribution in [1.82, 2.24) is 14.9 Å². The van der Waals surface area contributed by atoms with Gasteiger partial charge >= 0.3 is 0 Å². The maximum Gasteiger partial charge on any atom is 0.147 e. The van der Waals surface area contributed by atoms with Gasteiger partial charge in [-0.25, -0.2) is 4.98 Å². The Morgan fingerprint density at radius 3 is 2.10 bits per heavy atom. The normalized spacial score (nSPS) is 15.3. The Balaban J connectivity index is 0.00000300. The minimum atomic E-state index is -0.305. The van der Waals surface area contributed by atoms with Gasteiger partial charge in [0.25, 0.3) is 0 Å². The van der Waals surface area contributed by atoms with Crippen LogP contribution in [-0.4, -0.2) is 52.9 Å². The maximum atomic E-state index is 12.2. The molecule has 0 saturated carbocycles. The van der Waals surface area contributed by atoms with E-state index in [0.717, 1.165) is 48.8 Å². The summed E-state index contributed by atoms with van der Waals surface area (Å²) in [5.74, 6) is 1.20. The van der Waals surface area contributed by atoms with Gasteiger partial charge in [0.15, 0.2) is 0 Å². The first kappa shape index (κ1) is 23.3. The molecule has 3 rings (SSSR count). The van der Waals surface area contributed by atoms with E-state index in [2.05, 4.69) is 33.6 Å². The van der Waals surface area contributed by atoms with Crippen LogP contribution in [0, 0.1) is 5.41 Å². The predicted molar refractivity (Wildman–Crippen MR) is 122 cm³/mol. The van der Waals surface area contributed by atoms with E-state index >= 15 is 0 Å². The van der Waals surface area contributed by atoms with Gasteiger partial charge in [-0.3, -0.25) is 14.7 Å². The highest BCUT2D eigenvalue weighted by atomic mass is 35.5. The monoisotopic (exact) mass is 416 g/mol. The molecule has 1 fully saturated rings. The molecule has 0 radical (unpaired) electrons. The Morgan fingerprint density at radius 1 is 1.00 bits per heavy atom. The van der Waals surface area contributed by atoms with Crippen LogP contribution >= 0.6 is 12.4 Å². The molecule has 0 bridgehead atoms. The molecule has 1 aromatic heterocycles. The van der Waals surface area contributed by atoms with Crippen LogP contribution in [0.3, 0.4) is 0 Å². The number of carbonyl (C=O) groups excluding carboxylic acids is 1. The van der Waals surface area contributed by atoms with Crippen molar-refractivity contribution in [2.45, 2.75) is 47.1 Å². The molecule has 2 aromatic rings. The first-order valence-electron chi connectivity index (χ1n) is 10.2. The van der Waals surface area contributed by atoms with Crippen LogP contribution in [0.25, 0.3) is 11.3 Å². The minimum absolute atomic E-state index is 0. The molecule has 1 aliphatic rings. The number of ketones is 1. The predicted octanol–water partition coefficient (Wildman–Crippen LogP) is 4.25. The van der Waals surface area contributed by atoms with Gasteiger partial charge in [-0.15, -0.1) is 12.4 Å². The molecule has 0 N–H and O–H groups in total. The molecule has 0 amide bonds. The lowest BCUT2D eigenvalue weighted by Gasteiger charge is -2.37. The summed E-state index contributed by atoms with van der Waals surface area (Å²) in [6.45, 7) is 14.5. The molecule has 29 heavy (non-hydrogen) atoms. The number of carbonyl (C=O) groups is 1. The number of aromatic nitrogens is 2. The number of anilines is 1. The van der Waals surface area contributed by atoms with Crippen LogP contribution in [0.5, 0.6) is 0 Å². The van der Waals surface area contributed by atoms with Crippen LogP contribution in [0.15, 0.2) is 36.7 Å².